The zero-order chi connectivity index (χ0) is 13.7. The van der Waals surface area contributed by atoms with Crippen LogP contribution in [-0.4, -0.2) is 17.5 Å². The van der Waals surface area contributed by atoms with E-state index in [0.717, 1.165) is 6.07 Å². The van der Waals surface area contributed by atoms with E-state index in [1.807, 2.05) is 0 Å². The van der Waals surface area contributed by atoms with E-state index in [1.54, 1.807) is 13.0 Å². The van der Waals surface area contributed by atoms with Crippen LogP contribution in [-0.2, 0) is 16.0 Å². The third-order valence-electron chi connectivity index (χ3n) is 2.13. The number of hydrogen-bond acceptors (Lipinski definition) is 5. The van der Waals surface area contributed by atoms with Crippen molar-refractivity contribution in [2.24, 2.45) is 0 Å². The van der Waals surface area contributed by atoms with Crippen LogP contribution in [0.15, 0.2) is 12.1 Å². The van der Waals surface area contributed by atoms with Gasteiger partial charge in [0.05, 0.1) is 28.5 Å². The van der Waals surface area contributed by atoms with Crippen LogP contribution < -0.4 is 0 Å². The Bertz CT molecular complexity index is 537. The lowest BCUT2D eigenvalue weighted by atomic mass is 10.1. The summed E-state index contributed by atoms with van der Waals surface area (Å²) in [6.45, 7) is 1.82. The van der Waals surface area contributed by atoms with Crippen LogP contribution in [0.2, 0.25) is 5.02 Å². The summed E-state index contributed by atoms with van der Waals surface area (Å²) >= 11 is 5.70. The summed E-state index contributed by atoms with van der Waals surface area (Å²) in [6, 6.07) is 4.10. The normalized spacial score (nSPS) is 9.61. The van der Waals surface area contributed by atoms with Crippen molar-refractivity contribution in [3.8, 4) is 6.07 Å². The summed E-state index contributed by atoms with van der Waals surface area (Å²) in [5, 5.41) is 19.6. The summed E-state index contributed by atoms with van der Waals surface area (Å²) in [5.41, 5.74) is -0.104. The van der Waals surface area contributed by atoms with Crippen LogP contribution in [0.25, 0.3) is 0 Å². The van der Waals surface area contributed by atoms with E-state index in [0.29, 0.717) is 0 Å². The van der Waals surface area contributed by atoms with Crippen molar-refractivity contribution >= 4 is 23.3 Å². The lowest BCUT2D eigenvalue weighted by Crippen LogP contribution is -2.09. The fourth-order valence-corrected chi connectivity index (χ4v) is 1.57. The molecule has 0 radical (unpaired) electrons. The van der Waals surface area contributed by atoms with E-state index in [2.05, 4.69) is 0 Å². The monoisotopic (exact) mass is 268 g/mol. The molecule has 0 aliphatic rings. The van der Waals surface area contributed by atoms with E-state index >= 15 is 0 Å². The molecule has 0 fully saturated rings. The molecule has 1 aromatic carbocycles. The van der Waals surface area contributed by atoms with Gasteiger partial charge in [-0.1, -0.05) is 11.6 Å². The van der Waals surface area contributed by atoms with E-state index in [-0.39, 0.29) is 34.9 Å². The lowest BCUT2D eigenvalue weighted by Gasteiger charge is -2.05. The van der Waals surface area contributed by atoms with Crippen molar-refractivity contribution in [1.82, 2.24) is 0 Å². The number of esters is 1. The van der Waals surface area contributed by atoms with Gasteiger partial charge >= 0.3 is 5.97 Å². The van der Waals surface area contributed by atoms with Gasteiger partial charge in [-0.15, -0.1) is 0 Å². The second-order valence-electron chi connectivity index (χ2n) is 3.31. The molecule has 1 rings (SSSR count). The van der Waals surface area contributed by atoms with E-state index in [9.17, 15) is 14.9 Å². The van der Waals surface area contributed by atoms with Crippen LogP contribution in [0, 0.1) is 21.4 Å². The molecule has 0 heterocycles. The average molecular weight is 269 g/mol. The van der Waals surface area contributed by atoms with E-state index in [1.165, 1.54) is 6.07 Å². The van der Waals surface area contributed by atoms with Gasteiger partial charge in [0.2, 0.25) is 0 Å². The molecule has 0 aliphatic carbocycles. The predicted molar refractivity (Wildman–Crippen MR) is 63.2 cm³/mol. The quantitative estimate of drug-likeness (QED) is 0.474. The summed E-state index contributed by atoms with van der Waals surface area (Å²) in [5.74, 6) is -0.591. The Morgan fingerprint density at radius 1 is 1.61 bits per heavy atom. The Balaban J connectivity index is 3.19. The number of hydrogen-bond donors (Lipinski definition) is 0. The van der Waals surface area contributed by atoms with E-state index in [4.69, 9.17) is 21.6 Å². The number of carbonyl (C=O) groups is 1. The highest BCUT2D eigenvalue weighted by Gasteiger charge is 2.20. The number of nitrogens with zero attached hydrogens (tertiary/aromatic N) is 2. The maximum atomic E-state index is 11.3. The minimum absolute atomic E-state index is 0.0168. The number of nitro benzene ring substituents is 1. The van der Waals surface area contributed by atoms with Gasteiger partial charge in [0.25, 0.3) is 5.69 Å². The summed E-state index contributed by atoms with van der Waals surface area (Å²) in [6.07, 6.45) is -0.268. The van der Waals surface area contributed by atoms with Crippen LogP contribution >= 0.6 is 11.6 Å². The number of ether oxygens (including phenoxy) is 1. The molecule has 0 spiro atoms. The largest absolute Gasteiger partial charge is 0.466 e. The molecule has 0 aromatic heterocycles. The molecule has 0 saturated carbocycles. The average Bonchev–Trinajstić information content (AvgIpc) is 2.30. The number of rotatable bonds is 4. The van der Waals surface area contributed by atoms with Crippen LogP contribution in [0.4, 0.5) is 5.69 Å². The molecule has 1 aromatic rings. The van der Waals surface area contributed by atoms with Gasteiger partial charge in [-0.05, 0) is 13.0 Å². The van der Waals surface area contributed by atoms with Gasteiger partial charge in [0.15, 0.2) is 0 Å². The summed E-state index contributed by atoms with van der Waals surface area (Å²) in [7, 11) is 0. The standard InChI is InChI=1S/C11H9ClN2O4/c1-2-18-11(15)4-7-3-8(6-13)9(12)5-10(7)14(16)17/h3,5H,2,4H2,1H3. The molecule has 0 unspecified atom stereocenters. The van der Waals surface area contributed by atoms with Gasteiger partial charge in [-0.2, -0.15) is 5.26 Å². The first-order valence-electron chi connectivity index (χ1n) is 5.02. The third kappa shape index (κ3) is 3.18. The number of halogens is 1. The molecular weight excluding hydrogens is 260 g/mol. The Kier molecular flexibility index (Phi) is 4.63. The van der Waals surface area contributed by atoms with Crippen LogP contribution in [0.3, 0.4) is 0 Å². The predicted octanol–water partition coefficient (Wildman–Crippen LogP) is 2.23. The molecule has 0 N–H and O–H groups in total. The summed E-state index contributed by atoms with van der Waals surface area (Å²) < 4.78 is 4.71. The van der Waals surface area contributed by atoms with Gasteiger partial charge in [0, 0.05) is 11.6 Å². The first-order chi connectivity index (χ1) is 8.49. The van der Waals surface area contributed by atoms with Crippen molar-refractivity contribution < 1.29 is 14.5 Å². The minimum Gasteiger partial charge on any atom is -0.466 e. The Morgan fingerprint density at radius 3 is 2.78 bits per heavy atom. The van der Waals surface area contributed by atoms with E-state index < -0.39 is 10.9 Å². The van der Waals surface area contributed by atoms with Gasteiger partial charge in [-0.25, -0.2) is 0 Å². The number of carbonyl (C=O) groups excluding carboxylic acids is 1. The molecule has 0 amide bonds. The van der Waals surface area contributed by atoms with Gasteiger partial charge in [0.1, 0.15) is 6.07 Å². The smallest absolute Gasteiger partial charge is 0.310 e. The molecule has 94 valence electrons. The Morgan fingerprint density at radius 2 is 2.28 bits per heavy atom. The van der Waals surface area contributed by atoms with Crippen molar-refractivity contribution in [2.75, 3.05) is 6.61 Å². The van der Waals surface area contributed by atoms with Gasteiger partial charge < -0.3 is 4.74 Å². The van der Waals surface area contributed by atoms with Crippen molar-refractivity contribution in [3.05, 3.63) is 38.4 Å². The summed E-state index contributed by atoms with van der Waals surface area (Å²) in [4.78, 5) is 21.5. The second kappa shape index (κ2) is 5.98. The molecule has 0 saturated heterocycles. The number of nitro groups is 1. The first-order valence-corrected chi connectivity index (χ1v) is 5.40. The molecule has 0 bridgehead atoms. The second-order valence-corrected chi connectivity index (χ2v) is 3.72. The third-order valence-corrected chi connectivity index (χ3v) is 2.44. The molecule has 0 aliphatic heterocycles. The fraction of sp³-hybridized carbons (Fsp3) is 0.273. The van der Waals surface area contributed by atoms with Crippen molar-refractivity contribution in [1.29, 1.82) is 5.26 Å². The number of nitriles is 1. The number of benzene rings is 1. The Hall–Kier alpha value is -2.13. The van der Waals surface area contributed by atoms with Crippen LogP contribution in [0.1, 0.15) is 18.1 Å². The molecular formula is C11H9ClN2O4. The van der Waals surface area contributed by atoms with Crippen LogP contribution in [0.5, 0.6) is 0 Å². The topological polar surface area (TPSA) is 93.2 Å². The fourth-order valence-electron chi connectivity index (χ4n) is 1.37. The highest BCUT2D eigenvalue weighted by atomic mass is 35.5. The molecule has 7 heteroatoms. The van der Waals surface area contributed by atoms with Crippen molar-refractivity contribution in [3.63, 3.8) is 0 Å². The molecule has 6 nitrogen and oxygen atoms in total. The Labute approximate surface area is 108 Å². The zero-order valence-electron chi connectivity index (χ0n) is 9.47. The maximum absolute atomic E-state index is 11.3. The minimum atomic E-state index is -0.651. The van der Waals surface area contributed by atoms with Crippen molar-refractivity contribution in [2.45, 2.75) is 13.3 Å². The molecule has 18 heavy (non-hydrogen) atoms. The maximum Gasteiger partial charge on any atom is 0.310 e. The SMILES string of the molecule is CCOC(=O)Cc1cc(C#N)c(Cl)cc1[N+](=O)[O-]. The highest BCUT2D eigenvalue weighted by Crippen LogP contribution is 2.27. The first kappa shape index (κ1) is 13.9. The van der Waals surface area contributed by atoms with Gasteiger partial charge in [-0.3, -0.25) is 14.9 Å². The molecule has 0 atom stereocenters. The zero-order valence-corrected chi connectivity index (χ0v) is 10.2. The lowest BCUT2D eigenvalue weighted by molar-refractivity contribution is -0.385. The highest BCUT2D eigenvalue weighted by molar-refractivity contribution is 6.32.